The van der Waals surface area contributed by atoms with E-state index in [0.29, 0.717) is 0 Å². The molecule has 2 rings (SSSR count). The van der Waals surface area contributed by atoms with Gasteiger partial charge in [-0.2, -0.15) is 0 Å². The van der Waals surface area contributed by atoms with Crippen molar-refractivity contribution in [1.82, 2.24) is 9.47 Å². The fourth-order valence-electron chi connectivity index (χ4n) is 2.90. The Morgan fingerprint density at radius 2 is 1.81 bits per heavy atom. The van der Waals surface area contributed by atoms with Crippen molar-refractivity contribution in [2.75, 3.05) is 19.4 Å². The molecular formula is C18H27N3. The lowest BCUT2D eigenvalue weighted by atomic mass is 10.1. The van der Waals surface area contributed by atoms with E-state index in [4.69, 9.17) is 0 Å². The lowest BCUT2D eigenvalue weighted by Crippen LogP contribution is -2.13. The molecule has 2 aromatic rings. The highest BCUT2D eigenvalue weighted by molar-refractivity contribution is 5.51. The van der Waals surface area contributed by atoms with E-state index in [1.165, 1.54) is 28.2 Å². The van der Waals surface area contributed by atoms with Crippen LogP contribution in [0.25, 0.3) is 0 Å². The third kappa shape index (κ3) is 3.67. The molecule has 3 heteroatoms. The van der Waals surface area contributed by atoms with E-state index in [-0.39, 0.29) is 0 Å². The van der Waals surface area contributed by atoms with Crippen LogP contribution in [0.3, 0.4) is 0 Å². The van der Waals surface area contributed by atoms with Gasteiger partial charge in [0.2, 0.25) is 0 Å². The highest BCUT2D eigenvalue weighted by atomic mass is 15.1. The first kappa shape index (κ1) is 15.6. The van der Waals surface area contributed by atoms with Gasteiger partial charge in [-0.25, -0.2) is 0 Å². The summed E-state index contributed by atoms with van der Waals surface area (Å²) in [7, 11) is 4.21. The lowest BCUT2D eigenvalue weighted by Gasteiger charge is -2.15. The summed E-state index contributed by atoms with van der Waals surface area (Å²) in [5, 5.41) is 3.60. The van der Waals surface area contributed by atoms with E-state index in [1.54, 1.807) is 0 Å². The third-order valence-corrected chi connectivity index (χ3v) is 3.97. The smallest absolute Gasteiger partial charge is 0.0418 e. The number of aryl methyl sites for hydroxylation is 1. The number of nitrogens with zero attached hydrogens (tertiary/aromatic N) is 2. The molecule has 0 bridgehead atoms. The maximum atomic E-state index is 3.60. The summed E-state index contributed by atoms with van der Waals surface area (Å²) >= 11 is 0. The van der Waals surface area contributed by atoms with Crippen LogP contribution in [0.15, 0.2) is 30.3 Å². The van der Waals surface area contributed by atoms with Crippen LogP contribution < -0.4 is 5.32 Å². The molecule has 0 spiro atoms. The molecule has 1 aromatic heterocycles. The summed E-state index contributed by atoms with van der Waals surface area (Å²) in [6.45, 7) is 9.46. The van der Waals surface area contributed by atoms with Gasteiger partial charge in [0, 0.05) is 36.7 Å². The number of hydrogen-bond acceptors (Lipinski definition) is 2. The minimum atomic E-state index is 0.879. The molecular weight excluding hydrogens is 258 g/mol. The molecule has 0 amide bonds. The quantitative estimate of drug-likeness (QED) is 0.871. The van der Waals surface area contributed by atoms with Crippen LogP contribution >= 0.6 is 0 Å². The van der Waals surface area contributed by atoms with Crippen LogP contribution in [0.4, 0.5) is 5.69 Å². The Bertz CT molecular complexity index is 597. The monoisotopic (exact) mass is 285 g/mol. The van der Waals surface area contributed by atoms with E-state index in [1.807, 2.05) is 0 Å². The predicted molar refractivity (Wildman–Crippen MR) is 90.7 cm³/mol. The third-order valence-electron chi connectivity index (χ3n) is 3.97. The molecule has 3 nitrogen and oxygen atoms in total. The Morgan fingerprint density at radius 1 is 1.10 bits per heavy atom. The van der Waals surface area contributed by atoms with Crippen molar-refractivity contribution in [1.29, 1.82) is 0 Å². The second kappa shape index (κ2) is 6.81. The normalized spacial score (nSPS) is 11.1. The summed E-state index contributed by atoms with van der Waals surface area (Å²) in [5.74, 6) is 0. The first-order chi connectivity index (χ1) is 10.0. The number of hydrogen-bond donors (Lipinski definition) is 1. The number of anilines is 1. The lowest BCUT2D eigenvalue weighted by molar-refractivity contribution is 0.403. The molecule has 0 aliphatic rings. The first-order valence-electron chi connectivity index (χ1n) is 7.65. The molecule has 0 radical (unpaired) electrons. The summed E-state index contributed by atoms with van der Waals surface area (Å²) in [5.41, 5.74) is 6.66. The minimum Gasteiger partial charge on any atom is -0.381 e. The Labute approximate surface area is 128 Å². The Hall–Kier alpha value is -1.74. The molecule has 114 valence electrons. The predicted octanol–water partition coefficient (Wildman–Crippen LogP) is 3.80. The van der Waals surface area contributed by atoms with Gasteiger partial charge in [-0.3, -0.25) is 0 Å². The molecule has 0 atom stereocenters. The molecule has 0 aliphatic carbocycles. The van der Waals surface area contributed by atoms with E-state index < -0.39 is 0 Å². The molecule has 1 heterocycles. The summed E-state index contributed by atoms with van der Waals surface area (Å²) in [6, 6.07) is 10.8. The van der Waals surface area contributed by atoms with Gasteiger partial charge in [0.15, 0.2) is 0 Å². The highest BCUT2D eigenvalue weighted by Crippen LogP contribution is 2.20. The second-order valence-electron chi connectivity index (χ2n) is 5.89. The van der Waals surface area contributed by atoms with Crippen LogP contribution in [-0.4, -0.2) is 23.6 Å². The number of para-hydroxylation sites is 1. The SMILES string of the molecule is CCn1c(C)cc(CNc2ccccc2CN(C)C)c1C. The average Bonchev–Trinajstić information content (AvgIpc) is 2.71. The van der Waals surface area contributed by atoms with E-state index in [9.17, 15) is 0 Å². The van der Waals surface area contributed by atoms with Gasteiger partial charge in [0.1, 0.15) is 0 Å². The number of nitrogens with one attached hydrogen (secondary N) is 1. The molecule has 0 aliphatic heterocycles. The summed E-state index contributed by atoms with van der Waals surface area (Å²) in [4.78, 5) is 2.20. The van der Waals surface area contributed by atoms with Crippen LogP contribution in [0, 0.1) is 13.8 Å². The molecule has 0 unspecified atom stereocenters. The Balaban J connectivity index is 2.13. The topological polar surface area (TPSA) is 20.2 Å². The molecule has 0 saturated carbocycles. The van der Waals surface area contributed by atoms with Gasteiger partial charge >= 0.3 is 0 Å². The van der Waals surface area contributed by atoms with Gasteiger partial charge in [-0.05, 0) is 58.1 Å². The molecule has 0 saturated heterocycles. The van der Waals surface area contributed by atoms with Gasteiger partial charge in [-0.15, -0.1) is 0 Å². The van der Waals surface area contributed by atoms with Gasteiger partial charge in [0.25, 0.3) is 0 Å². The Morgan fingerprint density at radius 3 is 2.43 bits per heavy atom. The zero-order valence-electron chi connectivity index (χ0n) is 13.9. The maximum absolute atomic E-state index is 3.60. The standard InChI is InChI=1S/C18H27N3/c1-6-21-14(2)11-17(15(21)3)12-19-18-10-8-7-9-16(18)13-20(4)5/h7-11,19H,6,12-13H2,1-5H3. The fraction of sp³-hybridized carbons (Fsp3) is 0.444. The molecule has 1 aromatic carbocycles. The fourth-order valence-corrected chi connectivity index (χ4v) is 2.90. The van der Waals surface area contributed by atoms with Crippen LogP contribution in [-0.2, 0) is 19.6 Å². The van der Waals surface area contributed by atoms with Crippen molar-refractivity contribution in [2.45, 2.75) is 40.4 Å². The average molecular weight is 285 g/mol. The second-order valence-corrected chi connectivity index (χ2v) is 5.89. The van der Waals surface area contributed by atoms with Crippen LogP contribution in [0.1, 0.15) is 29.4 Å². The van der Waals surface area contributed by atoms with E-state index in [0.717, 1.165) is 19.6 Å². The van der Waals surface area contributed by atoms with Gasteiger partial charge < -0.3 is 14.8 Å². The van der Waals surface area contributed by atoms with Crippen LogP contribution in [0.5, 0.6) is 0 Å². The van der Waals surface area contributed by atoms with Crippen molar-refractivity contribution < 1.29 is 0 Å². The number of rotatable bonds is 6. The van der Waals surface area contributed by atoms with Crippen LogP contribution in [0.2, 0.25) is 0 Å². The zero-order valence-corrected chi connectivity index (χ0v) is 13.9. The Kier molecular flexibility index (Phi) is 5.07. The zero-order chi connectivity index (χ0) is 15.4. The number of benzene rings is 1. The maximum Gasteiger partial charge on any atom is 0.0418 e. The summed E-state index contributed by atoms with van der Waals surface area (Å²) < 4.78 is 2.36. The van der Waals surface area contributed by atoms with Crippen molar-refractivity contribution in [3.05, 3.63) is 52.8 Å². The minimum absolute atomic E-state index is 0.879. The molecule has 0 fully saturated rings. The van der Waals surface area contributed by atoms with Gasteiger partial charge in [-0.1, -0.05) is 18.2 Å². The largest absolute Gasteiger partial charge is 0.381 e. The van der Waals surface area contributed by atoms with Crippen molar-refractivity contribution >= 4 is 5.69 Å². The van der Waals surface area contributed by atoms with Crippen molar-refractivity contribution in [3.63, 3.8) is 0 Å². The molecule has 21 heavy (non-hydrogen) atoms. The van der Waals surface area contributed by atoms with E-state index >= 15 is 0 Å². The van der Waals surface area contributed by atoms with Crippen molar-refractivity contribution in [2.24, 2.45) is 0 Å². The number of aromatic nitrogens is 1. The van der Waals surface area contributed by atoms with Gasteiger partial charge in [0.05, 0.1) is 0 Å². The molecule has 1 N–H and O–H groups in total. The summed E-state index contributed by atoms with van der Waals surface area (Å²) in [6.07, 6.45) is 0. The van der Waals surface area contributed by atoms with Crippen molar-refractivity contribution in [3.8, 4) is 0 Å². The van der Waals surface area contributed by atoms with E-state index in [2.05, 4.69) is 80.0 Å². The first-order valence-corrected chi connectivity index (χ1v) is 7.65. The highest BCUT2D eigenvalue weighted by Gasteiger charge is 2.08.